The van der Waals surface area contributed by atoms with Crippen LogP contribution in [0.25, 0.3) is 0 Å². The zero-order valence-corrected chi connectivity index (χ0v) is 11.4. The molecule has 0 aliphatic rings. The molecule has 17 heavy (non-hydrogen) atoms. The first kappa shape index (κ1) is 14.4. The average molecular weight is 257 g/mol. The van der Waals surface area contributed by atoms with Gasteiger partial charge in [0.2, 0.25) is 0 Å². The largest absolute Gasteiger partial charge is 0.354 e. The maximum atomic E-state index is 12.7. The molecule has 1 aromatic carbocycles. The Labute approximate surface area is 103 Å². The summed E-state index contributed by atoms with van der Waals surface area (Å²) >= 11 is 0. The Bertz CT molecular complexity index is 382. The Morgan fingerprint density at radius 3 is 2.06 bits per heavy atom. The average Bonchev–Trinajstić information content (AvgIpc) is 2.30. The summed E-state index contributed by atoms with van der Waals surface area (Å²) in [5.74, 6) is 0. The van der Waals surface area contributed by atoms with Crippen molar-refractivity contribution in [3.63, 3.8) is 0 Å². The molecule has 0 spiro atoms. The summed E-state index contributed by atoms with van der Waals surface area (Å²) in [5.41, 5.74) is 6.92. The highest BCUT2D eigenvalue weighted by molar-refractivity contribution is 7.55. The second-order valence-electron chi connectivity index (χ2n) is 3.85. The van der Waals surface area contributed by atoms with E-state index in [-0.39, 0.29) is 0 Å². The molecule has 0 bridgehead atoms. The molecule has 0 saturated carbocycles. The van der Waals surface area contributed by atoms with Crippen LogP contribution in [0.15, 0.2) is 30.3 Å². The normalized spacial score (nSPS) is 15.5. The highest BCUT2D eigenvalue weighted by atomic mass is 31.2. The van der Waals surface area contributed by atoms with Crippen LogP contribution in [0.4, 0.5) is 0 Å². The van der Waals surface area contributed by atoms with Gasteiger partial charge in [0, 0.05) is 0 Å². The van der Waals surface area contributed by atoms with E-state index >= 15 is 0 Å². The van der Waals surface area contributed by atoms with Crippen LogP contribution in [-0.4, -0.2) is 13.2 Å². The Hall–Kier alpha value is -0.670. The molecule has 96 valence electrons. The predicted octanol–water partition coefficient (Wildman–Crippen LogP) is 3.08. The van der Waals surface area contributed by atoms with Crippen molar-refractivity contribution in [2.24, 2.45) is 5.73 Å². The van der Waals surface area contributed by atoms with E-state index in [0.29, 0.717) is 13.2 Å². The van der Waals surface area contributed by atoms with Crippen LogP contribution in [0.5, 0.6) is 0 Å². The van der Waals surface area contributed by atoms with Gasteiger partial charge in [-0.1, -0.05) is 30.3 Å². The minimum absolute atomic E-state index is 0.302. The van der Waals surface area contributed by atoms with E-state index in [1.54, 1.807) is 20.8 Å². The van der Waals surface area contributed by atoms with Crippen molar-refractivity contribution >= 4 is 7.60 Å². The predicted molar refractivity (Wildman–Crippen MR) is 68.8 cm³/mol. The molecule has 0 fully saturated rings. The fraction of sp³-hybridized carbons (Fsp3) is 0.500. The Morgan fingerprint density at radius 1 is 1.18 bits per heavy atom. The summed E-state index contributed by atoms with van der Waals surface area (Å²) in [6.07, 6.45) is 0. The lowest BCUT2D eigenvalue weighted by molar-refractivity contribution is 0.199. The van der Waals surface area contributed by atoms with Gasteiger partial charge in [0.25, 0.3) is 0 Å². The summed E-state index contributed by atoms with van der Waals surface area (Å²) in [7, 11) is -3.37. The van der Waals surface area contributed by atoms with Gasteiger partial charge in [-0.05, 0) is 26.3 Å². The first-order valence-corrected chi connectivity index (χ1v) is 7.25. The van der Waals surface area contributed by atoms with Crippen LogP contribution in [0.1, 0.15) is 26.3 Å². The van der Waals surface area contributed by atoms with E-state index in [9.17, 15) is 4.57 Å². The van der Waals surface area contributed by atoms with Gasteiger partial charge in [0.05, 0.1) is 13.2 Å². The number of benzene rings is 1. The summed E-state index contributed by atoms with van der Waals surface area (Å²) in [5, 5.41) is -1.14. The number of hydrogen-bond donors (Lipinski definition) is 1. The number of hydrogen-bond acceptors (Lipinski definition) is 4. The summed E-state index contributed by atoms with van der Waals surface area (Å²) < 4.78 is 23.3. The van der Waals surface area contributed by atoms with Gasteiger partial charge in [-0.15, -0.1) is 0 Å². The van der Waals surface area contributed by atoms with Gasteiger partial charge in [0.15, 0.2) is 0 Å². The van der Waals surface area contributed by atoms with Crippen LogP contribution < -0.4 is 5.73 Å². The van der Waals surface area contributed by atoms with E-state index < -0.39 is 12.9 Å². The molecule has 4 nitrogen and oxygen atoms in total. The van der Waals surface area contributed by atoms with Crippen molar-refractivity contribution in [3.05, 3.63) is 35.9 Å². The molecule has 0 amide bonds. The van der Waals surface area contributed by atoms with Gasteiger partial charge < -0.3 is 14.8 Å². The molecule has 1 aromatic rings. The molecule has 0 aromatic heterocycles. The quantitative estimate of drug-likeness (QED) is 0.795. The first-order valence-electron chi connectivity index (χ1n) is 5.71. The highest BCUT2D eigenvalue weighted by Crippen LogP contribution is 2.61. The van der Waals surface area contributed by atoms with Crippen LogP contribution in [-0.2, 0) is 18.9 Å². The van der Waals surface area contributed by atoms with Crippen molar-refractivity contribution in [2.75, 3.05) is 13.2 Å². The fourth-order valence-electron chi connectivity index (χ4n) is 1.58. The topological polar surface area (TPSA) is 61.5 Å². The molecule has 0 unspecified atom stereocenters. The molecule has 0 radical (unpaired) electrons. The molecule has 0 aliphatic heterocycles. The monoisotopic (exact) mass is 257 g/mol. The van der Waals surface area contributed by atoms with Crippen LogP contribution in [0.2, 0.25) is 0 Å². The molecule has 1 rings (SSSR count). The minimum Gasteiger partial charge on any atom is -0.312 e. The smallest absolute Gasteiger partial charge is 0.312 e. The molecular formula is C12H20NO3P. The van der Waals surface area contributed by atoms with Gasteiger partial charge in [0.1, 0.15) is 5.28 Å². The van der Waals surface area contributed by atoms with Crippen molar-refractivity contribution in [3.8, 4) is 0 Å². The number of nitrogens with two attached hydrogens (primary N) is 1. The van der Waals surface area contributed by atoms with Crippen molar-refractivity contribution in [1.82, 2.24) is 0 Å². The zero-order valence-electron chi connectivity index (χ0n) is 10.6. The van der Waals surface area contributed by atoms with Crippen LogP contribution in [0.3, 0.4) is 0 Å². The maximum absolute atomic E-state index is 12.7. The molecule has 2 N–H and O–H groups in total. The van der Waals surface area contributed by atoms with Crippen LogP contribution >= 0.6 is 7.60 Å². The van der Waals surface area contributed by atoms with E-state index in [0.717, 1.165) is 5.56 Å². The van der Waals surface area contributed by atoms with Gasteiger partial charge >= 0.3 is 7.60 Å². The van der Waals surface area contributed by atoms with Gasteiger partial charge in [-0.2, -0.15) is 0 Å². The van der Waals surface area contributed by atoms with E-state index in [1.165, 1.54) is 0 Å². The van der Waals surface area contributed by atoms with Gasteiger partial charge in [-0.25, -0.2) is 0 Å². The Morgan fingerprint density at radius 2 is 1.65 bits per heavy atom. The number of rotatable bonds is 6. The van der Waals surface area contributed by atoms with Crippen molar-refractivity contribution < 1.29 is 13.6 Å². The Balaban J connectivity index is 3.13. The summed E-state index contributed by atoms with van der Waals surface area (Å²) in [4.78, 5) is 0. The van der Waals surface area contributed by atoms with Crippen molar-refractivity contribution in [1.29, 1.82) is 0 Å². The molecule has 1 atom stereocenters. The summed E-state index contributed by atoms with van der Waals surface area (Å²) in [6, 6.07) is 9.23. The lowest BCUT2D eigenvalue weighted by Gasteiger charge is -2.32. The first-order chi connectivity index (χ1) is 7.98. The van der Waals surface area contributed by atoms with E-state index in [1.807, 2.05) is 30.3 Å². The summed E-state index contributed by atoms with van der Waals surface area (Å²) in [6.45, 7) is 5.82. The van der Waals surface area contributed by atoms with Crippen LogP contribution in [0, 0.1) is 0 Å². The standard InChI is InChI=1S/C12H20NO3P/c1-4-15-17(14,16-5-2)12(3,13)11-9-7-6-8-10-11/h6-10H,4-5,13H2,1-3H3/t12-/m0/s1. The second-order valence-corrected chi connectivity index (χ2v) is 6.29. The lowest BCUT2D eigenvalue weighted by atomic mass is 10.1. The van der Waals surface area contributed by atoms with Crippen molar-refractivity contribution in [2.45, 2.75) is 26.1 Å². The molecule has 0 heterocycles. The molecule has 0 saturated heterocycles. The third-order valence-corrected chi connectivity index (χ3v) is 5.12. The molecular weight excluding hydrogens is 237 g/mol. The third kappa shape index (κ3) is 2.96. The highest BCUT2D eigenvalue weighted by Gasteiger charge is 2.45. The zero-order chi connectivity index (χ0) is 12.9. The Kier molecular flexibility index (Phi) is 4.90. The SMILES string of the molecule is CCOP(=O)(OCC)[C@](C)(N)c1ccccc1. The van der Waals surface area contributed by atoms with E-state index in [4.69, 9.17) is 14.8 Å². The van der Waals surface area contributed by atoms with Gasteiger partial charge in [-0.3, -0.25) is 4.57 Å². The fourth-order valence-corrected chi connectivity index (χ4v) is 3.34. The third-order valence-electron chi connectivity index (χ3n) is 2.53. The molecule has 5 heteroatoms. The second kappa shape index (κ2) is 5.78. The lowest BCUT2D eigenvalue weighted by Crippen LogP contribution is -2.34. The molecule has 0 aliphatic carbocycles. The minimum atomic E-state index is -3.37. The maximum Gasteiger partial charge on any atom is 0.354 e. The van der Waals surface area contributed by atoms with E-state index in [2.05, 4.69) is 0 Å².